The molecule has 2 N–H and O–H groups in total. The molecule has 2 aliphatic heterocycles. The Bertz CT molecular complexity index is 901. The Balaban J connectivity index is 1.42. The standard InChI is InChI=1S/C21H24N4O4/c1-15(26)23-17-3-2-4-18(12-17)24-20(27)16-11-19(14-22-13-16)25-7-5-21(6-8-25)28-9-10-29-21/h2-4,11-14H,5-10H2,1H3,(H,23,26)(H,24,27). The van der Waals surface area contributed by atoms with Crippen LogP contribution in [0.5, 0.6) is 0 Å². The molecule has 2 amide bonds. The topological polar surface area (TPSA) is 92.8 Å². The van der Waals surface area contributed by atoms with Gasteiger partial charge in [0.15, 0.2) is 5.79 Å². The molecule has 2 saturated heterocycles. The highest BCUT2D eigenvalue weighted by molar-refractivity contribution is 6.05. The first-order valence-electron chi connectivity index (χ1n) is 9.70. The molecule has 1 aromatic heterocycles. The second-order valence-electron chi connectivity index (χ2n) is 7.24. The summed E-state index contributed by atoms with van der Waals surface area (Å²) in [5.41, 5.74) is 2.60. The van der Waals surface area contributed by atoms with Gasteiger partial charge in [0, 0.05) is 50.4 Å². The molecule has 0 saturated carbocycles. The van der Waals surface area contributed by atoms with Crippen molar-refractivity contribution in [3.63, 3.8) is 0 Å². The van der Waals surface area contributed by atoms with Gasteiger partial charge >= 0.3 is 0 Å². The molecule has 2 aromatic rings. The Hall–Kier alpha value is -2.97. The predicted octanol–water partition coefficient (Wildman–Crippen LogP) is 2.64. The summed E-state index contributed by atoms with van der Waals surface area (Å²) < 4.78 is 11.5. The summed E-state index contributed by atoms with van der Waals surface area (Å²) in [4.78, 5) is 30.3. The van der Waals surface area contributed by atoms with Crippen LogP contribution in [-0.4, -0.2) is 48.9 Å². The van der Waals surface area contributed by atoms with Gasteiger partial charge in [0.2, 0.25) is 5.91 Å². The lowest BCUT2D eigenvalue weighted by Crippen LogP contribution is -2.45. The monoisotopic (exact) mass is 396 g/mol. The van der Waals surface area contributed by atoms with Crippen LogP contribution >= 0.6 is 0 Å². The largest absolute Gasteiger partial charge is 0.370 e. The number of amides is 2. The third kappa shape index (κ3) is 4.55. The Morgan fingerprint density at radius 1 is 1.03 bits per heavy atom. The van der Waals surface area contributed by atoms with Gasteiger partial charge in [-0.3, -0.25) is 14.6 Å². The van der Waals surface area contributed by atoms with E-state index in [0.717, 1.165) is 31.6 Å². The molecule has 0 radical (unpaired) electrons. The van der Waals surface area contributed by atoms with Crippen LogP contribution in [0.1, 0.15) is 30.1 Å². The maximum atomic E-state index is 12.7. The number of aromatic nitrogens is 1. The van der Waals surface area contributed by atoms with Crippen LogP contribution in [0.15, 0.2) is 42.7 Å². The molecule has 0 unspecified atom stereocenters. The van der Waals surface area contributed by atoms with E-state index < -0.39 is 5.79 Å². The van der Waals surface area contributed by atoms with Crippen molar-refractivity contribution in [1.82, 2.24) is 4.98 Å². The number of benzene rings is 1. The Kier molecular flexibility index (Phi) is 5.46. The van der Waals surface area contributed by atoms with Crippen molar-refractivity contribution < 1.29 is 19.1 Å². The number of nitrogens with zero attached hydrogens (tertiary/aromatic N) is 2. The highest BCUT2D eigenvalue weighted by atomic mass is 16.7. The van der Waals surface area contributed by atoms with Crippen molar-refractivity contribution in [2.45, 2.75) is 25.6 Å². The summed E-state index contributed by atoms with van der Waals surface area (Å²) in [6, 6.07) is 8.86. The number of carbonyl (C=O) groups excluding carboxylic acids is 2. The minimum Gasteiger partial charge on any atom is -0.370 e. The van der Waals surface area contributed by atoms with Crippen LogP contribution < -0.4 is 15.5 Å². The molecular formula is C21H24N4O4. The molecule has 2 aliphatic rings. The van der Waals surface area contributed by atoms with Crippen LogP contribution in [0.3, 0.4) is 0 Å². The van der Waals surface area contributed by atoms with Crippen LogP contribution in [0, 0.1) is 0 Å². The zero-order valence-electron chi connectivity index (χ0n) is 16.3. The van der Waals surface area contributed by atoms with Gasteiger partial charge in [-0.05, 0) is 24.3 Å². The lowest BCUT2D eigenvalue weighted by atomic mass is 10.0. The quantitative estimate of drug-likeness (QED) is 0.825. The van der Waals surface area contributed by atoms with Crippen LogP contribution in [-0.2, 0) is 14.3 Å². The fourth-order valence-electron chi connectivity index (χ4n) is 3.70. The maximum absolute atomic E-state index is 12.7. The number of piperidine rings is 1. The molecule has 4 rings (SSSR count). The molecule has 152 valence electrons. The van der Waals surface area contributed by atoms with Crippen LogP contribution in [0.4, 0.5) is 17.1 Å². The molecule has 0 bridgehead atoms. The lowest BCUT2D eigenvalue weighted by Gasteiger charge is -2.38. The van der Waals surface area contributed by atoms with Gasteiger partial charge in [-0.15, -0.1) is 0 Å². The molecule has 8 nitrogen and oxygen atoms in total. The molecule has 2 fully saturated rings. The predicted molar refractivity (Wildman–Crippen MR) is 109 cm³/mol. The molecule has 1 aromatic carbocycles. The van der Waals surface area contributed by atoms with E-state index in [9.17, 15) is 9.59 Å². The van der Waals surface area contributed by atoms with Gasteiger partial charge in [-0.1, -0.05) is 6.07 Å². The average molecular weight is 396 g/mol. The van der Waals surface area contributed by atoms with Crippen molar-refractivity contribution in [3.05, 3.63) is 48.3 Å². The summed E-state index contributed by atoms with van der Waals surface area (Å²) in [6.07, 6.45) is 4.90. The molecule has 8 heteroatoms. The lowest BCUT2D eigenvalue weighted by molar-refractivity contribution is -0.169. The van der Waals surface area contributed by atoms with Gasteiger partial charge in [0.1, 0.15) is 0 Å². The Morgan fingerprint density at radius 3 is 2.41 bits per heavy atom. The number of pyridine rings is 1. The number of hydrogen-bond donors (Lipinski definition) is 2. The van der Waals surface area contributed by atoms with E-state index in [-0.39, 0.29) is 11.8 Å². The average Bonchev–Trinajstić information content (AvgIpc) is 3.16. The summed E-state index contributed by atoms with van der Waals surface area (Å²) in [7, 11) is 0. The number of hydrogen-bond acceptors (Lipinski definition) is 6. The van der Waals surface area contributed by atoms with E-state index >= 15 is 0 Å². The van der Waals surface area contributed by atoms with Crippen molar-refractivity contribution in [2.75, 3.05) is 41.8 Å². The highest BCUT2D eigenvalue weighted by Gasteiger charge is 2.39. The van der Waals surface area contributed by atoms with Gasteiger partial charge < -0.3 is 25.0 Å². The van der Waals surface area contributed by atoms with E-state index in [4.69, 9.17) is 9.47 Å². The van der Waals surface area contributed by atoms with Gasteiger partial charge in [-0.2, -0.15) is 0 Å². The normalized spacial score (nSPS) is 17.9. The summed E-state index contributed by atoms with van der Waals surface area (Å²) in [5, 5.41) is 5.55. The minimum absolute atomic E-state index is 0.165. The maximum Gasteiger partial charge on any atom is 0.257 e. The number of anilines is 3. The summed E-state index contributed by atoms with van der Waals surface area (Å²) in [6.45, 7) is 4.31. The van der Waals surface area contributed by atoms with Crippen molar-refractivity contribution >= 4 is 28.9 Å². The highest BCUT2D eigenvalue weighted by Crippen LogP contribution is 2.33. The molecule has 3 heterocycles. The summed E-state index contributed by atoms with van der Waals surface area (Å²) in [5.74, 6) is -0.852. The SMILES string of the molecule is CC(=O)Nc1cccc(NC(=O)c2cncc(N3CCC4(CC3)OCCO4)c2)c1. The Labute approximate surface area is 169 Å². The molecule has 0 aliphatic carbocycles. The first kappa shape index (κ1) is 19.4. The van der Waals surface area contributed by atoms with E-state index in [2.05, 4.69) is 20.5 Å². The zero-order valence-corrected chi connectivity index (χ0v) is 16.3. The van der Waals surface area contributed by atoms with E-state index in [0.29, 0.717) is 30.2 Å². The number of rotatable bonds is 4. The number of ether oxygens (including phenoxy) is 2. The van der Waals surface area contributed by atoms with Crippen molar-refractivity contribution in [1.29, 1.82) is 0 Å². The third-order valence-corrected chi connectivity index (χ3v) is 5.13. The van der Waals surface area contributed by atoms with Crippen LogP contribution in [0.25, 0.3) is 0 Å². The number of nitrogens with one attached hydrogen (secondary N) is 2. The van der Waals surface area contributed by atoms with Crippen LogP contribution in [0.2, 0.25) is 0 Å². The molecular weight excluding hydrogens is 372 g/mol. The second kappa shape index (κ2) is 8.18. The second-order valence-corrected chi connectivity index (χ2v) is 7.24. The van der Waals surface area contributed by atoms with E-state index in [1.807, 2.05) is 6.07 Å². The summed E-state index contributed by atoms with van der Waals surface area (Å²) >= 11 is 0. The van der Waals surface area contributed by atoms with E-state index in [1.54, 1.807) is 36.7 Å². The first-order chi connectivity index (χ1) is 14.0. The molecule has 1 spiro atoms. The minimum atomic E-state index is -0.433. The third-order valence-electron chi connectivity index (χ3n) is 5.13. The van der Waals surface area contributed by atoms with E-state index in [1.165, 1.54) is 6.92 Å². The first-order valence-corrected chi connectivity index (χ1v) is 9.70. The molecule has 29 heavy (non-hydrogen) atoms. The van der Waals surface area contributed by atoms with Gasteiger partial charge in [0.25, 0.3) is 5.91 Å². The fourth-order valence-corrected chi connectivity index (χ4v) is 3.70. The molecule has 0 atom stereocenters. The zero-order chi connectivity index (χ0) is 20.3. The Morgan fingerprint density at radius 2 is 1.72 bits per heavy atom. The van der Waals surface area contributed by atoms with Crippen molar-refractivity contribution in [2.24, 2.45) is 0 Å². The smallest absolute Gasteiger partial charge is 0.257 e. The fraction of sp³-hybridized carbons (Fsp3) is 0.381. The van der Waals surface area contributed by atoms with Gasteiger partial charge in [0.05, 0.1) is 30.7 Å². The van der Waals surface area contributed by atoms with Gasteiger partial charge in [-0.25, -0.2) is 0 Å². The number of carbonyl (C=O) groups is 2. The van der Waals surface area contributed by atoms with Crippen molar-refractivity contribution in [3.8, 4) is 0 Å².